The molecule has 1 aromatic heterocycles. The summed E-state index contributed by atoms with van der Waals surface area (Å²) >= 11 is 0. The first-order valence-electron chi connectivity index (χ1n) is 10.7. The first kappa shape index (κ1) is 22.1. The SMILES string of the molecule is COc1ccc(CN2CCN(Cc3nc(-c4ccc(C)cc4)no3)CC2)c(OC)c1OC. The van der Waals surface area contributed by atoms with Crippen LogP contribution < -0.4 is 14.2 Å². The fourth-order valence-electron chi connectivity index (χ4n) is 3.96. The Kier molecular flexibility index (Phi) is 6.92. The van der Waals surface area contributed by atoms with Crippen LogP contribution in [-0.4, -0.2) is 67.4 Å². The maximum absolute atomic E-state index is 5.63. The molecule has 0 N–H and O–H groups in total. The normalized spacial score (nSPS) is 15.0. The summed E-state index contributed by atoms with van der Waals surface area (Å²) in [4.78, 5) is 9.32. The van der Waals surface area contributed by atoms with Crippen molar-refractivity contribution < 1.29 is 18.7 Å². The molecule has 32 heavy (non-hydrogen) atoms. The molecular formula is C24H30N4O4. The zero-order valence-electron chi connectivity index (χ0n) is 19.1. The first-order chi connectivity index (χ1) is 15.6. The maximum atomic E-state index is 5.63. The summed E-state index contributed by atoms with van der Waals surface area (Å²) in [6.45, 7) is 7.25. The highest BCUT2D eigenvalue weighted by Gasteiger charge is 2.22. The average molecular weight is 439 g/mol. The largest absolute Gasteiger partial charge is 0.493 e. The Balaban J connectivity index is 1.34. The molecular weight excluding hydrogens is 408 g/mol. The highest BCUT2D eigenvalue weighted by atomic mass is 16.5. The van der Waals surface area contributed by atoms with Gasteiger partial charge in [0.15, 0.2) is 11.5 Å². The predicted molar refractivity (Wildman–Crippen MR) is 121 cm³/mol. The van der Waals surface area contributed by atoms with Crippen molar-refractivity contribution in [3.8, 4) is 28.6 Å². The van der Waals surface area contributed by atoms with Crippen molar-refractivity contribution in [2.45, 2.75) is 20.0 Å². The van der Waals surface area contributed by atoms with Gasteiger partial charge in [-0.2, -0.15) is 4.98 Å². The summed E-state index contributed by atoms with van der Waals surface area (Å²) < 4.78 is 22.0. The number of hydrogen-bond donors (Lipinski definition) is 0. The van der Waals surface area contributed by atoms with Gasteiger partial charge in [-0.15, -0.1) is 0 Å². The Bertz CT molecular complexity index is 1030. The lowest BCUT2D eigenvalue weighted by Gasteiger charge is -2.34. The molecule has 2 aromatic carbocycles. The van der Waals surface area contributed by atoms with Crippen molar-refractivity contribution in [1.82, 2.24) is 19.9 Å². The summed E-state index contributed by atoms with van der Waals surface area (Å²) in [5.74, 6) is 3.31. The second-order valence-corrected chi connectivity index (χ2v) is 7.92. The van der Waals surface area contributed by atoms with Gasteiger partial charge in [0.2, 0.25) is 17.5 Å². The van der Waals surface area contributed by atoms with E-state index in [0.717, 1.165) is 49.6 Å². The molecule has 0 amide bonds. The quantitative estimate of drug-likeness (QED) is 0.530. The molecule has 8 nitrogen and oxygen atoms in total. The van der Waals surface area contributed by atoms with Crippen molar-refractivity contribution in [2.75, 3.05) is 47.5 Å². The van der Waals surface area contributed by atoms with Crippen LogP contribution in [-0.2, 0) is 13.1 Å². The zero-order valence-corrected chi connectivity index (χ0v) is 19.1. The van der Waals surface area contributed by atoms with E-state index in [1.54, 1.807) is 21.3 Å². The first-order valence-corrected chi connectivity index (χ1v) is 10.7. The Morgan fingerprint density at radius 3 is 2.09 bits per heavy atom. The number of ether oxygens (including phenoxy) is 3. The summed E-state index contributed by atoms with van der Waals surface area (Å²) in [6.07, 6.45) is 0. The van der Waals surface area contributed by atoms with E-state index in [-0.39, 0.29) is 0 Å². The van der Waals surface area contributed by atoms with E-state index >= 15 is 0 Å². The molecule has 8 heteroatoms. The highest BCUT2D eigenvalue weighted by molar-refractivity contribution is 5.56. The molecule has 0 saturated carbocycles. The van der Waals surface area contributed by atoms with Gasteiger partial charge in [-0.1, -0.05) is 41.1 Å². The van der Waals surface area contributed by atoms with Crippen molar-refractivity contribution in [2.24, 2.45) is 0 Å². The summed E-state index contributed by atoms with van der Waals surface area (Å²) in [5, 5.41) is 4.14. The van der Waals surface area contributed by atoms with E-state index < -0.39 is 0 Å². The van der Waals surface area contributed by atoms with Crippen molar-refractivity contribution in [1.29, 1.82) is 0 Å². The lowest BCUT2D eigenvalue weighted by atomic mass is 10.1. The van der Waals surface area contributed by atoms with E-state index in [4.69, 9.17) is 18.7 Å². The van der Waals surface area contributed by atoms with Gasteiger partial charge in [0, 0.05) is 43.9 Å². The van der Waals surface area contributed by atoms with Crippen LogP contribution in [0, 0.1) is 6.92 Å². The van der Waals surface area contributed by atoms with Gasteiger partial charge in [-0.25, -0.2) is 0 Å². The minimum absolute atomic E-state index is 0.631. The molecule has 4 rings (SSSR count). The van der Waals surface area contributed by atoms with Gasteiger partial charge < -0.3 is 18.7 Å². The number of hydrogen-bond acceptors (Lipinski definition) is 8. The minimum atomic E-state index is 0.631. The van der Waals surface area contributed by atoms with Crippen LogP contribution in [0.3, 0.4) is 0 Å². The Morgan fingerprint density at radius 2 is 1.47 bits per heavy atom. The summed E-state index contributed by atoms with van der Waals surface area (Å²) in [6, 6.07) is 12.1. The van der Waals surface area contributed by atoms with E-state index in [9.17, 15) is 0 Å². The average Bonchev–Trinajstić information content (AvgIpc) is 3.28. The topological polar surface area (TPSA) is 73.1 Å². The lowest BCUT2D eigenvalue weighted by molar-refractivity contribution is 0.111. The monoisotopic (exact) mass is 438 g/mol. The van der Waals surface area contributed by atoms with E-state index in [1.807, 2.05) is 24.3 Å². The van der Waals surface area contributed by atoms with Crippen molar-refractivity contribution >= 4 is 0 Å². The highest BCUT2D eigenvalue weighted by Crippen LogP contribution is 2.40. The molecule has 0 radical (unpaired) electrons. The van der Waals surface area contributed by atoms with Crippen LogP contribution in [0.2, 0.25) is 0 Å². The van der Waals surface area contributed by atoms with Crippen LogP contribution in [0.5, 0.6) is 17.2 Å². The third kappa shape index (κ3) is 4.87. The molecule has 3 aromatic rings. The molecule has 0 bridgehead atoms. The van der Waals surface area contributed by atoms with Gasteiger partial charge in [0.25, 0.3) is 0 Å². The number of aromatic nitrogens is 2. The smallest absolute Gasteiger partial charge is 0.241 e. The summed E-state index contributed by atoms with van der Waals surface area (Å²) in [7, 11) is 4.92. The number of rotatable bonds is 8. The minimum Gasteiger partial charge on any atom is -0.493 e. The van der Waals surface area contributed by atoms with Gasteiger partial charge in [0.1, 0.15) is 0 Å². The predicted octanol–water partition coefficient (Wildman–Crippen LogP) is 3.39. The van der Waals surface area contributed by atoms with Gasteiger partial charge in [-0.05, 0) is 13.0 Å². The number of benzene rings is 2. The molecule has 2 heterocycles. The van der Waals surface area contributed by atoms with Gasteiger partial charge >= 0.3 is 0 Å². The lowest BCUT2D eigenvalue weighted by Crippen LogP contribution is -2.45. The van der Waals surface area contributed by atoms with Crippen LogP contribution in [0.25, 0.3) is 11.4 Å². The molecule has 0 atom stereocenters. The molecule has 1 saturated heterocycles. The third-order valence-corrected chi connectivity index (χ3v) is 5.78. The Morgan fingerprint density at radius 1 is 0.812 bits per heavy atom. The van der Waals surface area contributed by atoms with Crippen LogP contribution in [0.1, 0.15) is 17.0 Å². The number of aryl methyl sites for hydroxylation is 1. The molecule has 1 fully saturated rings. The fraction of sp³-hybridized carbons (Fsp3) is 0.417. The fourth-order valence-corrected chi connectivity index (χ4v) is 3.96. The Labute approximate surface area is 188 Å². The standard InChI is InChI=1S/C24H30N4O4/c1-17-5-7-18(8-6-17)24-25-21(32-26-24)16-28-13-11-27(12-14-28)15-19-9-10-20(29-2)23(31-4)22(19)30-3/h5-10H,11-16H2,1-4H3. The van der Waals surface area contributed by atoms with Crippen molar-refractivity contribution in [3.63, 3.8) is 0 Å². The zero-order chi connectivity index (χ0) is 22.5. The molecule has 1 aliphatic heterocycles. The molecule has 0 spiro atoms. The second kappa shape index (κ2) is 10.0. The van der Waals surface area contributed by atoms with Crippen LogP contribution >= 0.6 is 0 Å². The number of methoxy groups -OCH3 is 3. The third-order valence-electron chi connectivity index (χ3n) is 5.78. The van der Waals surface area contributed by atoms with Gasteiger partial charge in [-0.3, -0.25) is 9.80 Å². The molecule has 0 aliphatic carbocycles. The van der Waals surface area contributed by atoms with Crippen LogP contribution in [0.15, 0.2) is 40.9 Å². The molecule has 170 valence electrons. The van der Waals surface area contributed by atoms with E-state index in [2.05, 4.69) is 39.0 Å². The second-order valence-electron chi connectivity index (χ2n) is 7.92. The summed E-state index contributed by atoms with van der Waals surface area (Å²) in [5.41, 5.74) is 3.26. The Hall–Kier alpha value is -3.10. The van der Waals surface area contributed by atoms with E-state index in [0.29, 0.717) is 29.8 Å². The van der Waals surface area contributed by atoms with Crippen molar-refractivity contribution in [3.05, 3.63) is 53.4 Å². The van der Waals surface area contributed by atoms with Crippen LogP contribution in [0.4, 0.5) is 0 Å². The number of nitrogens with zero attached hydrogens (tertiary/aromatic N) is 4. The van der Waals surface area contributed by atoms with Gasteiger partial charge in [0.05, 0.1) is 27.9 Å². The number of piperazine rings is 1. The maximum Gasteiger partial charge on any atom is 0.241 e. The molecule has 1 aliphatic rings. The molecule has 0 unspecified atom stereocenters. The van der Waals surface area contributed by atoms with E-state index in [1.165, 1.54) is 5.56 Å².